The fraction of sp³-hybridized carbons (Fsp3) is 0.240. The molecule has 0 saturated heterocycles. The zero-order valence-corrected chi connectivity index (χ0v) is 20.1. The molecule has 0 aliphatic rings. The Hall–Kier alpha value is -4.48. The zero-order chi connectivity index (χ0) is 26.7. The summed E-state index contributed by atoms with van der Waals surface area (Å²) in [6, 6.07) is 11.0. The van der Waals surface area contributed by atoms with Crippen LogP contribution >= 0.6 is 0 Å². The van der Waals surface area contributed by atoms with Crippen LogP contribution in [0.15, 0.2) is 48.7 Å². The average Bonchev–Trinajstić information content (AvgIpc) is 3.23. The number of ether oxygens (including phenoxy) is 1. The number of imidazole rings is 1. The SMILES string of the molecule is CC(=O)Nc1cn2nc(-c3cc(C(=O)NCc4cccc(OC(F)C(F)F)c4)c(C)nc3C)ccc2n1. The number of fused-ring (bicyclic) bond motifs is 1. The molecule has 3 heterocycles. The van der Waals surface area contributed by atoms with Gasteiger partial charge in [-0.3, -0.25) is 14.6 Å². The number of aromatic nitrogens is 4. The third kappa shape index (κ3) is 6.02. The van der Waals surface area contributed by atoms with Gasteiger partial charge in [-0.15, -0.1) is 0 Å². The lowest BCUT2D eigenvalue weighted by molar-refractivity contribution is -0.114. The Morgan fingerprint density at radius 1 is 1.05 bits per heavy atom. The number of halogens is 3. The van der Waals surface area contributed by atoms with Crippen LogP contribution in [-0.4, -0.2) is 44.2 Å². The highest BCUT2D eigenvalue weighted by molar-refractivity contribution is 5.96. The average molecular weight is 512 g/mol. The summed E-state index contributed by atoms with van der Waals surface area (Å²) in [5, 5.41) is 9.90. The molecule has 37 heavy (non-hydrogen) atoms. The first kappa shape index (κ1) is 25.6. The number of hydrogen-bond donors (Lipinski definition) is 2. The minimum Gasteiger partial charge on any atom is -0.454 e. The summed E-state index contributed by atoms with van der Waals surface area (Å²) in [6.45, 7) is 4.94. The van der Waals surface area contributed by atoms with E-state index in [0.717, 1.165) is 0 Å². The lowest BCUT2D eigenvalue weighted by Gasteiger charge is -2.13. The lowest BCUT2D eigenvalue weighted by atomic mass is 10.0. The van der Waals surface area contributed by atoms with E-state index in [1.165, 1.54) is 29.6 Å². The van der Waals surface area contributed by atoms with Crippen molar-refractivity contribution in [3.63, 3.8) is 0 Å². The van der Waals surface area contributed by atoms with Crippen LogP contribution < -0.4 is 15.4 Å². The van der Waals surface area contributed by atoms with Crippen molar-refractivity contribution < 1.29 is 27.5 Å². The number of alkyl halides is 3. The van der Waals surface area contributed by atoms with Gasteiger partial charge >= 0.3 is 6.43 Å². The fourth-order valence-corrected chi connectivity index (χ4v) is 3.67. The van der Waals surface area contributed by atoms with Gasteiger partial charge in [0.25, 0.3) is 12.3 Å². The van der Waals surface area contributed by atoms with E-state index in [9.17, 15) is 22.8 Å². The number of carbonyl (C=O) groups excluding carboxylic acids is 2. The van der Waals surface area contributed by atoms with Gasteiger partial charge in [0.15, 0.2) is 11.5 Å². The molecule has 1 aromatic carbocycles. The van der Waals surface area contributed by atoms with E-state index in [4.69, 9.17) is 0 Å². The smallest absolute Gasteiger partial charge is 0.304 e. The Labute approximate surface area is 209 Å². The van der Waals surface area contributed by atoms with Gasteiger partial charge in [0.2, 0.25) is 5.91 Å². The molecule has 1 unspecified atom stereocenters. The molecule has 0 bridgehead atoms. The number of benzene rings is 1. The number of amides is 2. The van der Waals surface area contributed by atoms with E-state index in [1.54, 1.807) is 44.3 Å². The van der Waals surface area contributed by atoms with Crippen molar-refractivity contribution in [3.05, 3.63) is 71.2 Å². The topological polar surface area (TPSA) is 111 Å². The highest BCUT2D eigenvalue weighted by Gasteiger charge is 2.21. The molecule has 2 amide bonds. The van der Waals surface area contributed by atoms with Gasteiger partial charge in [-0.1, -0.05) is 12.1 Å². The second kappa shape index (κ2) is 10.6. The molecule has 9 nitrogen and oxygen atoms in total. The molecular formula is C25H23F3N6O3. The van der Waals surface area contributed by atoms with Gasteiger partial charge in [0.05, 0.1) is 23.1 Å². The van der Waals surface area contributed by atoms with Gasteiger partial charge < -0.3 is 15.4 Å². The standard InChI is InChI=1S/C25H23F3N6O3/c1-13-18(20-7-8-22-32-21(31-15(3)35)12-34(22)33-20)10-19(14(2)30-13)25(36)29-11-16-5-4-6-17(9-16)37-24(28)23(26)27/h4-10,12,23-24H,11H2,1-3H3,(H,29,36)(H,31,35). The monoisotopic (exact) mass is 512 g/mol. The maximum atomic E-state index is 13.2. The van der Waals surface area contributed by atoms with Crippen LogP contribution in [0.3, 0.4) is 0 Å². The predicted molar refractivity (Wildman–Crippen MR) is 129 cm³/mol. The van der Waals surface area contributed by atoms with Crippen molar-refractivity contribution in [2.75, 3.05) is 5.32 Å². The number of nitrogens with one attached hydrogen (secondary N) is 2. The van der Waals surface area contributed by atoms with Gasteiger partial charge in [-0.25, -0.2) is 18.3 Å². The first-order chi connectivity index (χ1) is 17.6. The zero-order valence-electron chi connectivity index (χ0n) is 20.1. The first-order valence-corrected chi connectivity index (χ1v) is 11.2. The minimum absolute atomic E-state index is 0.0511. The quantitative estimate of drug-likeness (QED) is 0.366. The van der Waals surface area contributed by atoms with E-state index in [-0.39, 0.29) is 18.2 Å². The van der Waals surface area contributed by atoms with Crippen molar-refractivity contribution in [1.82, 2.24) is 24.9 Å². The largest absolute Gasteiger partial charge is 0.454 e. The highest BCUT2D eigenvalue weighted by atomic mass is 19.3. The molecule has 3 aromatic heterocycles. The van der Waals surface area contributed by atoms with Crippen LogP contribution in [0, 0.1) is 13.8 Å². The summed E-state index contributed by atoms with van der Waals surface area (Å²) in [7, 11) is 0. The normalized spacial score (nSPS) is 12.0. The maximum Gasteiger partial charge on any atom is 0.304 e. The second-order valence-electron chi connectivity index (χ2n) is 8.22. The number of carbonyl (C=O) groups is 2. The molecule has 0 radical (unpaired) electrons. The Balaban J connectivity index is 1.54. The van der Waals surface area contributed by atoms with Crippen molar-refractivity contribution in [2.24, 2.45) is 0 Å². The van der Waals surface area contributed by atoms with Crippen molar-refractivity contribution in [3.8, 4) is 17.0 Å². The molecule has 2 N–H and O–H groups in total. The number of aryl methyl sites for hydroxylation is 2. The van der Waals surface area contributed by atoms with Gasteiger partial charge in [-0.2, -0.15) is 9.49 Å². The van der Waals surface area contributed by atoms with Gasteiger partial charge in [0, 0.05) is 24.7 Å². The van der Waals surface area contributed by atoms with Crippen LogP contribution in [0.4, 0.5) is 19.0 Å². The molecule has 0 aliphatic carbocycles. The molecule has 12 heteroatoms. The summed E-state index contributed by atoms with van der Waals surface area (Å²) in [6.07, 6.45) is -4.43. The Morgan fingerprint density at radius 2 is 1.84 bits per heavy atom. The van der Waals surface area contributed by atoms with Gasteiger partial charge in [-0.05, 0) is 49.7 Å². The number of anilines is 1. The fourth-order valence-electron chi connectivity index (χ4n) is 3.67. The summed E-state index contributed by atoms with van der Waals surface area (Å²) in [5.41, 5.74) is 3.72. The van der Waals surface area contributed by atoms with E-state index >= 15 is 0 Å². The van der Waals surface area contributed by atoms with E-state index in [2.05, 4.69) is 30.4 Å². The number of hydrogen-bond acceptors (Lipinski definition) is 6. The summed E-state index contributed by atoms with van der Waals surface area (Å²) in [5.74, 6) is -0.374. The van der Waals surface area contributed by atoms with Crippen LogP contribution in [0.1, 0.15) is 34.2 Å². The first-order valence-electron chi connectivity index (χ1n) is 11.2. The minimum atomic E-state index is -3.27. The number of pyridine rings is 1. The van der Waals surface area contributed by atoms with E-state index in [1.807, 2.05) is 0 Å². The molecule has 4 aromatic rings. The van der Waals surface area contributed by atoms with Crippen molar-refractivity contribution >= 4 is 23.3 Å². The summed E-state index contributed by atoms with van der Waals surface area (Å²) < 4.78 is 44.1. The molecule has 0 fully saturated rings. The maximum absolute atomic E-state index is 13.2. The lowest BCUT2D eigenvalue weighted by Crippen LogP contribution is -2.24. The predicted octanol–water partition coefficient (Wildman–Crippen LogP) is 4.24. The molecule has 4 rings (SSSR count). The Kier molecular flexibility index (Phi) is 7.37. The molecule has 0 aliphatic heterocycles. The van der Waals surface area contributed by atoms with Crippen LogP contribution in [-0.2, 0) is 11.3 Å². The summed E-state index contributed by atoms with van der Waals surface area (Å²) >= 11 is 0. The Morgan fingerprint density at radius 3 is 2.57 bits per heavy atom. The van der Waals surface area contributed by atoms with Crippen molar-refractivity contribution in [2.45, 2.75) is 40.1 Å². The van der Waals surface area contributed by atoms with E-state index < -0.39 is 18.7 Å². The van der Waals surface area contributed by atoms with Gasteiger partial charge in [0.1, 0.15) is 5.75 Å². The van der Waals surface area contributed by atoms with Crippen LogP contribution in [0.5, 0.6) is 5.75 Å². The highest BCUT2D eigenvalue weighted by Crippen LogP contribution is 2.24. The van der Waals surface area contributed by atoms with Crippen molar-refractivity contribution in [1.29, 1.82) is 0 Å². The Bertz CT molecular complexity index is 1470. The molecule has 0 saturated carbocycles. The second-order valence-corrected chi connectivity index (χ2v) is 8.22. The van der Waals surface area contributed by atoms with Crippen LogP contribution in [0.25, 0.3) is 16.9 Å². The molecule has 1 atom stereocenters. The van der Waals surface area contributed by atoms with E-state index in [0.29, 0.717) is 45.2 Å². The third-order valence-electron chi connectivity index (χ3n) is 5.35. The molecule has 0 spiro atoms. The van der Waals surface area contributed by atoms with Crippen LogP contribution in [0.2, 0.25) is 0 Å². The number of rotatable bonds is 8. The summed E-state index contributed by atoms with van der Waals surface area (Å²) in [4.78, 5) is 33.1. The number of nitrogens with zero attached hydrogens (tertiary/aromatic N) is 4. The molecular weight excluding hydrogens is 489 g/mol. The molecule has 192 valence electrons. The third-order valence-corrected chi connectivity index (χ3v) is 5.35.